The van der Waals surface area contributed by atoms with Gasteiger partial charge >= 0.3 is 0 Å². The number of hydrogen-bond acceptors (Lipinski definition) is 2. The highest BCUT2D eigenvalue weighted by Gasteiger charge is 2.18. The van der Waals surface area contributed by atoms with Gasteiger partial charge in [0.15, 0.2) is 0 Å². The number of hydrogen-bond donors (Lipinski definition) is 1. The average molecular weight is 167 g/mol. The standard InChI is InChI=1S/C7H15ClO2/c1-3-4-10-6-7(2,9)5-8/h9H,3-6H2,1-2H3. The van der Waals surface area contributed by atoms with Crippen molar-refractivity contribution in [1.29, 1.82) is 0 Å². The molecule has 0 radical (unpaired) electrons. The first-order valence-corrected chi connectivity index (χ1v) is 4.02. The van der Waals surface area contributed by atoms with Gasteiger partial charge in [0, 0.05) is 6.61 Å². The summed E-state index contributed by atoms with van der Waals surface area (Å²) in [6.45, 7) is 4.70. The zero-order valence-electron chi connectivity index (χ0n) is 6.56. The van der Waals surface area contributed by atoms with E-state index in [1.807, 2.05) is 6.92 Å². The van der Waals surface area contributed by atoms with E-state index < -0.39 is 5.60 Å². The highest BCUT2D eigenvalue weighted by Crippen LogP contribution is 2.05. The highest BCUT2D eigenvalue weighted by atomic mass is 35.5. The number of rotatable bonds is 5. The Hall–Kier alpha value is 0.210. The van der Waals surface area contributed by atoms with Crippen LogP contribution in [-0.2, 0) is 4.74 Å². The van der Waals surface area contributed by atoms with Crippen LogP contribution in [0.1, 0.15) is 20.3 Å². The van der Waals surface area contributed by atoms with E-state index in [0.29, 0.717) is 13.2 Å². The van der Waals surface area contributed by atoms with Crippen molar-refractivity contribution < 1.29 is 9.84 Å². The molecule has 0 saturated carbocycles. The van der Waals surface area contributed by atoms with Gasteiger partial charge in [-0.15, -0.1) is 11.6 Å². The lowest BCUT2D eigenvalue weighted by Gasteiger charge is -2.19. The Kier molecular flexibility index (Phi) is 5.04. The van der Waals surface area contributed by atoms with Crippen molar-refractivity contribution in [2.24, 2.45) is 0 Å². The number of aliphatic hydroxyl groups is 1. The molecule has 0 aromatic heterocycles. The third kappa shape index (κ3) is 5.03. The minimum Gasteiger partial charge on any atom is -0.387 e. The number of halogens is 1. The van der Waals surface area contributed by atoms with Crippen LogP contribution in [0.3, 0.4) is 0 Å². The molecule has 0 amide bonds. The van der Waals surface area contributed by atoms with Crippen molar-refractivity contribution in [2.45, 2.75) is 25.9 Å². The van der Waals surface area contributed by atoms with Crippen LogP contribution in [-0.4, -0.2) is 29.8 Å². The van der Waals surface area contributed by atoms with E-state index in [1.54, 1.807) is 6.92 Å². The second-order valence-corrected chi connectivity index (χ2v) is 2.95. The van der Waals surface area contributed by atoms with Crippen molar-refractivity contribution in [2.75, 3.05) is 19.1 Å². The monoisotopic (exact) mass is 166 g/mol. The number of alkyl halides is 1. The van der Waals surface area contributed by atoms with Gasteiger partial charge < -0.3 is 9.84 Å². The van der Waals surface area contributed by atoms with Gasteiger partial charge in [-0.3, -0.25) is 0 Å². The first-order valence-electron chi connectivity index (χ1n) is 3.48. The zero-order chi connectivity index (χ0) is 8.04. The third-order valence-electron chi connectivity index (χ3n) is 1.05. The fraction of sp³-hybridized carbons (Fsp3) is 1.00. The van der Waals surface area contributed by atoms with Crippen LogP contribution in [0.15, 0.2) is 0 Å². The largest absolute Gasteiger partial charge is 0.387 e. The van der Waals surface area contributed by atoms with E-state index in [-0.39, 0.29) is 5.88 Å². The maximum atomic E-state index is 9.29. The van der Waals surface area contributed by atoms with Crippen LogP contribution in [0.2, 0.25) is 0 Å². The quantitative estimate of drug-likeness (QED) is 0.494. The van der Waals surface area contributed by atoms with Gasteiger partial charge in [0.05, 0.1) is 18.1 Å². The molecule has 10 heavy (non-hydrogen) atoms. The van der Waals surface area contributed by atoms with Gasteiger partial charge in [0.25, 0.3) is 0 Å². The third-order valence-corrected chi connectivity index (χ3v) is 1.63. The highest BCUT2D eigenvalue weighted by molar-refractivity contribution is 6.18. The van der Waals surface area contributed by atoms with E-state index >= 15 is 0 Å². The summed E-state index contributed by atoms with van der Waals surface area (Å²) in [6, 6.07) is 0. The van der Waals surface area contributed by atoms with Crippen molar-refractivity contribution in [1.82, 2.24) is 0 Å². The number of ether oxygens (including phenoxy) is 1. The predicted octanol–water partition coefficient (Wildman–Crippen LogP) is 1.40. The zero-order valence-corrected chi connectivity index (χ0v) is 7.32. The Morgan fingerprint density at radius 2 is 2.20 bits per heavy atom. The fourth-order valence-corrected chi connectivity index (χ4v) is 0.552. The van der Waals surface area contributed by atoms with E-state index in [4.69, 9.17) is 16.3 Å². The van der Waals surface area contributed by atoms with Crippen molar-refractivity contribution >= 4 is 11.6 Å². The van der Waals surface area contributed by atoms with Gasteiger partial charge in [0.1, 0.15) is 0 Å². The molecule has 0 bridgehead atoms. The van der Waals surface area contributed by atoms with Crippen LogP contribution in [0.4, 0.5) is 0 Å². The minimum absolute atomic E-state index is 0.219. The van der Waals surface area contributed by atoms with Crippen LogP contribution in [0.25, 0.3) is 0 Å². The molecule has 1 atom stereocenters. The first-order chi connectivity index (χ1) is 4.62. The summed E-state index contributed by atoms with van der Waals surface area (Å²) >= 11 is 5.44. The Morgan fingerprint density at radius 3 is 2.60 bits per heavy atom. The maximum absolute atomic E-state index is 9.29. The van der Waals surface area contributed by atoms with E-state index in [0.717, 1.165) is 6.42 Å². The lowest BCUT2D eigenvalue weighted by molar-refractivity contribution is -0.0180. The van der Waals surface area contributed by atoms with Crippen LogP contribution in [0.5, 0.6) is 0 Å². The lowest BCUT2D eigenvalue weighted by Crippen LogP contribution is -2.32. The fourth-order valence-electron chi connectivity index (χ4n) is 0.475. The lowest BCUT2D eigenvalue weighted by atomic mass is 10.2. The van der Waals surface area contributed by atoms with Crippen molar-refractivity contribution in [3.63, 3.8) is 0 Å². The topological polar surface area (TPSA) is 29.5 Å². The molecule has 0 saturated heterocycles. The minimum atomic E-state index is -0.864. The Morgan fingerprint density at radius 1 is 1.60 bits per heavy atom. The normalized spacial score (nSPS) is 16.8. The molecule has 1 N–H and O–H groups in total. The molecule has 1 unspecified atom stereocenters. The molecule has 0 heterocycles. The summed E-state index contributed by atoms with van der Waals surface area (Å²) in [4.78, 5) is 0. The molecule has 0 aliphatic heterocycles. The SMILES string of the molecule is CCCOCC(C)(O)CCl. The van der Waals surface area contributed by atoms with E-state index in [2.05, 4.69) is 0 Å². The van der Waals surface area contributed by atoms with Gasteiger partial charge in [-0.1, -0.05) is 6.92 Å². The first kappa shape index (κ1) is 10.2. The molecule has 0 aromatic rings. The Labute approximate surface area is 67.1 Å². The van der Waals surface area contributed by atoms with Gasteiger partial charge in [0.2, 0.25) is 0 Å². The smallest absolute Gasteiger partial charge is 0.0986 e. The molecule has 0 rings (SSSR count). The Balaban J connectivity index is 3.28. The molecule has 0 aromatic carbocycles. The van der Waals surface area contributed by atoms with Gasteiger partial charge in [-0.05, 0) is 13.3 Å². The molecule has 62 valence electrons. The second-order valence-electron chi connectivity index (χ2n) is 2.68. The second kappa shape index (κ2) is 4.94. The average Bonchev–Trinajstić information content (AvgIpc) is 1.89. The molecule has 0 aliphatic rings. The Bertz CT molecular complexity index is 83.7. The van der Waals surface area contributed by atoms with Gasteiger partial charge in [-0.2, -0.15) is 0 Å². The van der Waals surface area contributed by atoms with Crippen LogP contribution < -0.4 is 0 Å². The summed E-state index contributed by atoms with van der Waals surface area (Å²) in [5.74, 6) is 0.219. The summed E-state index contributed by atoms with van der Waals surface area (Å²) < 4.78 is 5.10. The van der Waals surface area contributed by atoms with Gasteiger partial charge in [-0.25, -0.2) is 0 Å². The molecule has 3 heteroatoms. The summed E-state index contributed by atoms with van der Waals surface area (Å²) in [7, 11) is 0. The maximum Gasteiger partial charge on any atom is 0.0986 e. The molecular formula is C7H15ClO2. The van der Waals surface area contributed by atoms with Crippen LogP contribution in [0, 0.1) is 0 Å². The summed E-state index contributed by atoms with van der Waals surface area (Å²) in [5.41, 5.74) is -0.864. The molecular weight excluding hydrogens is 152 g/mol. The summed E-state index contributed by atoms with van der Waals surface area (Å²) in [5, 5.41) is 9.29. The van der Waals surface area contributed by atoms with E-state index in [9.17, 15) is 5.11 Å². The van der Waals surface area contributed by atoms with E-state index in [1.165, 1.54) is 0 Å². The van der Waals surface area contributed by atoms with Crippen LogP contribution >= 0.6 is 11.6 Å². The van der Waals surface area contributed by atoms with Crippen molar-refractivity contribution in [3.8, 4) is 0 Å². The molecule has 0 fully saturated rings. The van der Waals surface area contributed by atoms with Crippen molar-refractivity contribution in [3.05, 3.63) is 0 Å². The molecule has 0 aliphatic carbocycles. The molecule has 2 nitrogen and oxygen atoms in total. The predicted molar refractivity (Wildman–Crippen MR) is 42.5 cm³/mol. The molecule has 0 spiro atoms. The summed E-state index contributed by atoms with van der Waals surface area (Å²) in [6.07, 6.45) is 0.971.